The van der Waals surface area contributed by atoms with E-state index in [9.17, 15) is 0 Å². The van der Waals surface area contributed by atoms with Gasteiger partial charge in [-0.3, -0.25) is 0 Å². The van der Waals surface area contributed by atoms with Crippen LogP contribution in [0.15, 0.2) is 83.9 Å². The van der Waals surface area contributed by atoms with E-state index in [1.165, 1.54) is 5.56 Å². The third-order valence-electron chi connectivity index (χ3n) is 4.47. The maximum Gasteiger partial charge on any atom is 0.216 e. The highest BCUT2D eigenvalue weighted by molar-refractivity contribution is 5.95. The molecule has 0 bridgehead atoms. The molecule has 4 heteroatoms. The molecule has 0 aromatic heterocycles. The Morgan fingerprint density at radius 1 is 0.926 bits per heavy atom. The summed E-state index contributed by atoms with van der Waals surface area (Å²) < 4.78 is 16.9. The maximum absolute atomic E-state index is 5.86. The van der Waals surface area contributed by atoms with Gasteiger partial charge in [0.25, 0.3) is 0 Å². The van der Waals surface area contributed by atoms with Crippen molar-refractivity contribution in [1.82, 2.24) is 0 Å². The molecule has 4 rings (SSSR count). The summed E-state index contributed by atoms with van der Waals surface area (Å²) in [4.78, 5) is 4.75. The van der Waals surface area contributed by atoms with Crippen LogP contribution in [-0.2, 0) is 11.3 Å². The number of nitrogens with zero attached hydrogens (tertiary/aromatic N) is 1. The molecule has 1 atom stereocenters. The Labute approximate surface area is 159 Å². The molecule has 1 heterocycles. The molecule has 1 unspecified atom stereocenters. The van der Waals surface area contributed by atoms with Crippen LogP contribution < -0.4 is 9.47 Å². The summed E-state index contributed by atoms with van der Waals surface area (Å²) >= 11 is 0. The average Bonchev–Trinajstić information content (AvgIpc) is 3.24. The summed E-state index contributed by atoms with van der Waals surface area (Å²) in [6, 6.07) is 26.0. The molecular formula is C23H21NO3. The number of aliphatic imine (C=N–C) groups is 1. The van der Waals surface area contributed by atoms with Gasteiger partial charge in [-0.2, -0.15) is 0 Å². The first-order chi connectivity index (χ1) is 13.3. The van der Waals surface area contributed by atoms with Crippen LogP contribution in [0.2, 0.25) is 0 Å². The van der Waals surface area contributed by atoms with E-state index in [4.69, 9.17) is 19.2 Å². The zero-order valence-corrected chi connectivity index (χ0v) is 15.2. The first kappa shape index (κ1) is 17.2. The Morgan fingerprint density at radius 3 is 2.48 bits per heavy atom. The van der Waals surface area contributed by atoms with Crippen molar-refractivity contribution in [1.29, 1.82) is 0 Å². The van der Waals surface area contributed by atoms with Crippen molar-refractivity contribution in [2.24, 2.45) is 4.99 Å². The highest BCUT2D eigenvalue weighted by atomic mass is 16.5. The number of hydrogen-bond donors (Lipinski definition) is 0. The van der Waals surface area contributed by atoms with Crippen molar-refractivity contribution in [3.05, 3.63) is 95.6 Å². The Bertz CT molecular complexity index is 920. The fraction of sp³-hybridized carbons (Fsp3) is 0.174. The molecule has 1 aliphatic heterocycles. The fourth-order valence-corrected chi connectivity index (χ4v) is 3.01. The molecule has 1 aliphatic rings. The van der Waals surface area contributed by atoms with E-state index < -0.39 is 0 Å². The minimum absolute atomic E-state index is 0.0559. The average molecular weight is 359 g/mol. The number of methoxy groups -OCH3 is 1. The second-order valence-electron chi connectivity index (χ2n) is 6.34. The highest BCUT2D eigenvalue weighted by Gasteiger charge is 2.21. The largest absolute Gasteiger partial charge is 0.497 e. The fourth-order valence-electron chi connectivity index (χ4n) is 3.01. The zero-order chi connectivity index (χ0) is 18.5. The van der Waals surface area contributed by atoms with Gasteiger partial charge in [0, 0.05) is 5.56 Å². The summed E-state index contributed by atoms with van der Waals surface area (Å²) in [6.07, 6.45) is 0. The zero-order valence-electron chi connectivity index (χ0n) is 15.2. The molecule has 0 fully saturated rings. The van der Waals surface area contributed by atoms with E-state index in [0.29, 0.717) is 19.1 Å². The molecule has 0 N–H and O–H groups in total. The molecule has 136 valence electrons. The monoisotopic (exact) mass is 359 g/mol. The molecule has 3 aromatic carbocycles. The first-order valence-electron chi connectivity index (χ1n) is 8.93. The lowest BCUT2D eigenvalue weighted by Crippen LogP contribution is -2.03. The van der Waals surface area contributed by atoms with Gasteiger partial charge in [0.15, 0.2) is 0 Å². The van der Waals surface area contributed by atoms with Crippen LogP contribution in [0.3, 0.4) is 0 Å². The molecule has 0 amide bonds. The predicted molar refractivity (Wildman–Crippen MR) is 105 cm³/mol. The van der Waals surface area contributed by atoms with E-state index >= 15 is 0 Å². The van der Waals surface area contributed by atoms with Crippen LogP contribution in [0.5, 0.6) is 11.5 Å². The van der Waals surface area contributed by atoms with Gasteiger partial charge >= 0.3 is 0 Å². The van der Waals surface area contributed by atoms with Gasteiger partial charge in [0.2, 0.25) is 5.90 Å². The summed E-state index contributed by atoms with van der Waals surface area (Å²) in [7, 11) is 1.65. The number of rotatable bonds is 6. The van der Waals surface area contributed by atoms with Crippen LogP contribution in [0.4, 0.5) is 0 Å². The second-order valence-corrected chi connectivity index (χ2v) is 6.34. The quantitative estimate of drug-likeness (QED) is 0.635. The minimum Gasteiger partial charge on any atom is -0.497 e. The molecular weight excluding hydrogens is 338 g/mol. The van der Waals surface area contributed by atoms with Gasteiger partial charge in [0.05, 0.1) is 7.11 Å². The lowest BCUT2D eigenvalue weighted by Gasteiger charge is -2.08. The maximum atomic E-state index is 5.86. The predicted octanol–water partition coefficient (Wildman–Crippen LogP) is 4.79. The number of ether oxygens (including phenoxy) is 3. The summed E-state index contributed by atoms with van der Waals surface area (Å²) in [5, 5.41) is 0. The van der Waals surface area contributed by atoms with Gasteiger partial charge in [-0.15, -0.1) is 0 Å². The van der Waals surface area contributed by atoms with Gasteiger partial charge in [-0.05, 0) is 47.5 Å². The molecule has 0 spiro atoms. The molecule has 0 radical (unpaired) electrons. The summed E-state index contributed by atoms with van der Waals surface area (Å²) in [5.74, 6) is 2.31. The number of hydrogen-bond acceptors (Lipinski definition) is 4. The Balaban J connectivity index is 1.44. The van der Waals surface area contributed by atoms with E-state index in [1.807, 2.05) is 60.7 Å². The van der Waals surface area contributed by atoms with Crippen molar-refractivity contribution in [3.8, 4) is 11.5 Å². The Morgan fingerprint density at radius 2 is 1.70 bits per heavy atom. The van der Waals surface area contributed by atoms with Crippen LogP contribution >= 0.6 is 0 Å². The SMILES string of the molecule is COc1ccc(OCc2cccc(C3=NC(c4ccccc4)CO3)c2)cc1. The minimum atomic E-state index is 0.0559. The standard InChI is InChI=1S/C23H21NO3/c1-25-20-10-12-21(13-11-20)26-15-17-6-5-9-19(14-17)23-24-22(16-27-23)18-7-3-2-4-8-18/h2-14,22H,15-16H2,1H3. The number of benzene rings is 3. The van der Waals surface area contributed by atoms with E-state index in [0.717, 1.165) is 22.6 Å². The lowest BCUT2D eigenvalue weighted by atomic mass is 10.1. The van der Waals surface area contributed by atoms with Crippen molar-refractivity contribution >= 4 is 5.90 Å². The smallest absolute Gasteiger partial charge is 0.216 e. The lowest BCUT2D eigenvalue weighted by molar-refractivity contribution is 0.305. The van der Waals surface area contributed by atoms with Crippen LogP contribution in [-0.4, -0.2) is 19.6 Å². The topological polar surface area (TPSA) is 40.0 Å². The summed E-state index contributed by atoms with van der Waals surface area (Å²) in [6.45, 7) is 1.06. The van der Waals surface area contributed by atoms with E-state index in [1.54, 1.807) is 7.11 Å². The van der Waals surface area contributed by atoms with Crippen LogP contribution in [0, 0.1) is 0 Å². The van der Waals surface area contributed by atoms with Crippen molar-refractivity contribution < 1.29 is 14.2 Å². The molecule has 4 nitrogen and oxygen atoms in total. The van der Waals surface area contributed by atoms with Gasteiger partial charge < -0.3 is 14.2 Å². The van der Waals surface area contributed by atoms with Crippen LogP contribution in [0.1, 0.15) is 22.7 Å². The van der Waals surface area contributed by atoms with Gasteiger partial charge in [-0.1, -0.05) is 42.5 Å². The van der Waals surface area contributed by atoms with Gasteiger partial charge in [0.1, 0.15) is 30.8 Å². The third-order valence-corrected chi connectivity index (χ3v) is 4.47. The molecule has 3 aromatic rings. The molecule has 0 aliphatic carbocycles. The van der Waals surface area contributed by atoms with Crippen LogP contribution in [0.25, 0.3) is 0 Å². The second kappa shape index (κ2) is 7.96. The normalized spacial score (nSPS) is 15.7. The summed E-state index contributed by atoms with van der Waals surface area (Å²) in [5.41, 5.74) is 3.22. The first-order valence-corrected chi connectivity index (χ1v) is 8.93. The Hall–Kier alpha value is -3.27. The Kier molecular flexibility index (Phi) is 5.06. The molecule has 0 saturated heterocycles. The van der Waals surface area contributed by atoms with E-state index in [2.05, 4.69) is 18.2 Å². The van der Waals surface area contributed by atoms with Crippen molar-refractivity contribution in [2.45, 2.75) is 12.6 Å². The van der Waals surface area contributed by atoms with Crippen molar-refractivity contribution in [2.75, 3.05) is 13.7 Å². The highest BCUT2D eigenvalue weighted by Crippen LogP contribution is 2.25. The molecule has 0 saturated carbocycles. The van der Waals surface area contributed by atoms with E-state index in [-0.39, 0.29) is 6.04 Å². The third kappa shape index (κ3) is 4.11. The van der Waals surface area contributed by atoms with Crippen molar-refractivity contribution in [3.63, 3.8) is 0 Å². The van der Waals surface area contributed by atoms with Gasteiger partial charge in [-0.25, -0.2) is 4.99 Å². The molecule has 27 heavy (non-hydrogen) atoms.